The highest BCUT2D eigenvalue weighted by Crippen LogP contribution is 2.37. The zero-order chi connectivity index (χ0) is 18.6. The molecule has 2 aromatic heterocycles. The van der Waals surface area contributed by atoms with E-state index < -0.39 is 0 Å². The van der Waals surface area contributed by atoms with Gasteiger partial charge in [-0.3, -0.25) is 9.58 Å². The fraction of sp³-hybridized carbons (Fsp3) is 0.650. The molecule has 2 aromatic rings. The summed E-state index contributed by atoms with van der Waals surface area (Å²) in [6.07, 6.45) is 9.69. The van der Waals surface area contributed by atoms with Gasteiger partial charge in [0.1, 0.15) is 0 Å². The number of hydrogen-bond donors (Lipinski definition) is 1. The van der Waals surface area contributed by atoms with Gasteiger partial charge in [-0.15, -0.1) is 0 Å². The smallest absolute Gasteiger partial charge is 0.225 e. The van der Waals surface area contributed by atoms with Crippen molar-refractivity contribution in [3.8, 4) is 11.3 Å². The van der Waals surface area contributed by atoms with Gasteiger partial charge in [-0.1, -0.05) is 6.92 Å². The van der Waals surface area contributed by atoms with E-state index in [1.54, 1.807) is 0 Å². The van der Waals surface area contributed by atoms with Crippen LogP contribution in [-0.2, 0) is 6.54 Å². The third-order valence-corrected chi connectivity index (χ3v) is 5.69. The van der Waals surface area contributed by atoms with E-state index in [-0.39, 0.29) is 6.61 Å². The van der Waals surface area contributed by atoms with Crippen LogP contribution >= 0.6 is 0 Å². The van der Waals surface area contributed by atoms with Gasteiger partial charge in [0.05, 0.1) is 36.8 Å². The lowest BCUT2D eigenvalue weighted by molar-refractivity contribution is 0.232. The lowest BCUT2D eigenvalue weighted by Crippen LogP contribution is -2.27. The van der Waals surface area contributed by atoms with E-state index in [9.17, 15) is 5.11 Å². The Morgan fingerprint density at radius 1 is 1.15 bits per heavy atom. The van der Waals surface area contributed by atoms with Crippen molar-refractivity contribution in [2.45, 2.75) is 51.6 Å². The van der Waals surface area contributed by atoms with Crippen LogP contribution in [0.25, 0.3) is 11.3 Å². The minimum absolute atomic E-state index is 0.0947. The average molecular weight is 371 g/mol. The minimum Gasteiger partial charge on any atom is -0.394 e. The Bertz CT molecular complexity index is 755. The first kappa shape index (κ1) is 18.4. The molecule has 0 saturated carbocycles. The second-order valence-corrected chi connectivity index (χ2v) is 7.52. The van der Waals surface area contributed by atoms with Crippen LogP contribution in [0, 0.1) is 0 Å². The molecule has 4 rings (SSSR count). The minimum atomic E-state index is 0.0947. The third-order valence-electron chi connectivity index (χ3n) is 5.69. The first-order valence-electron chi connectivity index (χ1n) is 10.3. The highest BCUT2D eigenvalue weighted by molar-refractivity contribution is 5.63. The molecule has 27 heavy (non-hydrogen) atoms. The molecule has 0 spiro atoms. The van der Waals surface area contributed by atoms with Crippen molar-refractivity contribution in [3.05, 3.63) is 24.2 Å². The number of hydrogen-bond acceptors (Lipinski definition) is 6. The van der Waals surface area contributed by atoms with Gasteiger partial charge < -0.3 is 10.0 Å². The highest BCUT2D eigenvalue weighted by atomic mass is 16.3. The summed E-state index contributed by atoms with van der Waals surface area (Å²) in [7, 11) is 0. The molecule has 0 aliphatic carbocycles. The molecule has 2 saturated heterocycles. The van der Waals surface area contributed by atoms with Gasteiger partial charge in [0, 0.05) is 24.8 Å². The Morgan fingerprint density at radius 3 is 2.78 bits per heavy atom. The van der Waals surface area contributed by atoms with E-state index in [0.29, 0.717) is 12.6 Å². The summed E-state index contributed by atoms with van der Waals surface area (Å²) in [5, 5.41) is 14.1. The van der Waals surface area contributed by atoms with Gasteiger partial charge in [-0.05, 0) is 51.3 Å². The summed E-state index contributed by atoms with van der Waals surface area (Å²) in [6, 6.07) is 2.34. The molecule has 2 fully saturated rings. The van der Waals surface area contributed by atoms with Gasteiger partial charge >= 0.3 is 0 Å². The molecule has 2 aliphatic rings. The highest BCUT2D eigenvalue weighted by Gasteiger charge is 2.31. The van der Waals surface area contributed by atoms with Gasteiger partial charge in [-0.25, -0.2) is 9.97 Å². The lowest BCUT2D eigenvalue weighted by Gasteiger charge is -2.26. The second kappa shape index (κ2) is 8.35. The normalized spacial score (nSPS) is 20.7. The molecule has 0 amide bonds. The maximum absolute atomic E-state index is 9.52. The van der Waals surface area contributed by atoms with Gasteiger partial charge in [0.2, 0.25) is 5.95 Å². The largest absolute Gasteiger partial charge is 0.394 e. The predicted molar refractivity (Wildman–Crippen MR) is 106 cm³/mol. The van der Waals surface area contributed by atoms with Crippen LogP contribution in [0.15, 0.2) is 18.5 Å². The summed E-state index contributed by atoms with van der Waals surface area (Å²) in [6.45, 7) is 7.14. The number of rotatable bonds is 7. The van der Waals surface area contributed by atoms with Crippen molar-refractivity contribution in [2.24, 2.45) is 0 Å². The zero-order valence-corrected chi connectivity index (χ0v) is 16.2. The predicted octanol–water partition coefficient (Wildman–Crippen LogP) is 2.48. The van der Waals surface area contributed by atoms with Crippen molar-refractivity contribution in [2.75, 3.05) is 37.7 Å². The molecule has 1 unspecified atom stereocenters. The van der Waals surface area contributed by atoms with Crippen molar-refractivity contribution in [3.63, 3.8) is 0 Å². The maximum Gasteiger partial charge on any atom is 0.225 e. The fourth-order valence-electron chi connectivity index (χ4n) is 4.48. The van der Waals surface area contributed by atoms with E-state index >= 15 is 0 Å². The average Bonchev–Trinajstić information content (AvgIpc) is 3.43. The fourth-order valence-corrected chi connectivity index (χ4v) is 4.48. The zero-order valence-electron chi connectivity index (χ0n) is 16.2. The molecule has 2 aliphatic heterocycles. The molecular weight excluding hydrogens is 340 g/mol. The molecule has 0 bridgehead atoms. The van der Waals surface area contributed by atoms with Crippen LogP contribution in [0.3, 0.4) is 0 Å². The summed E-state index contributed by atoms with van der Waals surface area (Å²) in [5.41, 5.74) is 3.22. The second-order valence-electron chi connectivity index (χ2n) is 7.52. The molecule has 7 nitrogen and oxygen atoms in total. The van der Waals surface area contributed by atoms with E-state index in [2.05, 4.69) is 26.8 Å². The first-order chi connectivity index (χ1) is 13.3. The molecule has 4 heterocycles. The monoisotopic (exact) mass is 370 g/mol. The van der Waals surface area contributed by atoms with Crippen LogP contribution in [0.1, 0.15) is 50.8 Å². The van der Waals surface area contributed by atoms with Crippen molar-refractivity contribution in [1.29, 1.82) is 0 Å². The number of aliphatic hydroxyl groups is 1. The molecule has 0 aromatic carbocycles. The summed E-state index contributed by atoms with van der Waals surface area (Å²) in [5.74, 6) is 0.822. The van der Waals surface area contributed by atoms with E-state index in [1.807, 2.05) is 23.1 Å². The quantitative estimate of drug-likeness (QED) is 0.807. The van der Waals surface area contributed by atoms with Crippen LogP contribution in [0.4, 0.5) is 5.95 Å². The third kappa shape index (κ3) is 3.71. The van der Waals surface area contributed by atoms with Crippen LogP contribution in [0.5, 0.6) is 0 Å². The van der Waals surface area contributed by atoms with Crippen LogP contribution in [-0.4, -0.2) is 62.5 Å². The molecular formula is C20H30N6O. The molecule has 1 N–H and O–H groups in total. The Kier molecular flexibility index (Phi) is 5.69. The Labute approximate surface area is 161 Å². The number of likely N-dealkylation sites (tertiary alicyclic amines) is 1. The topological polar surface area (TPSA) is 70.3 Å². The number of aromatic nitrogens is 4. The van der Waals surface area contributed by atoms with Crippen LogP contribution in [0.2, 0.25) is 0 Å². The summed E-state index contributed by atoms with van der Waals surface area (Å²) < 4.78 is 1.98. The molecule has 1 atom stereocenters. The Balaban J connectivity index is 1.71. The maximum atomic E-state index is 9.52. The number of nitrogens with zero attached hydrogens (tertiary/aromatic N) is 6. The van der Waals surface area contributed by atoms with Gasteiger partial charge in [0.15, 0.2) is 0 Å². The Hall–Kier alpha value is -1.99. The molecule has 146 valence electrons. The Morgan fingerprint density at radius 2 is 2.00 bits per heavy atom. The number of aliphatic hydroxyl groups excluding tert-OH is 1. The first-order valence-corrected chi connectivity index (χ1v) is 10.3. The van der Waals surface area contributed by atoms with E-state index in [1.165, 1.54) is 25.0 Å². The van der Waals surface area contributed by atoms with Gasteiger partial charge in [-0.2, -0.15) is 5.10 Å². The SMILES string of the molecule is CCCN1CCCC1c1c(-c2ccnc(N3CCCC3)n2)cnn1CCO. The number of anilines is 1. The van der Waals surface area contributed by atoms with Crippen molar-refractivity contribution >= 4 is 5.95 Å². The van der Waals surface area contributed by atoms with E-state index in [4.69, 9.17) is 4.98 Å². The summed E-state index contributed by atoms with van der Waals surface area (Å²) in [4.78, 5) is 14.2. The molecule has 7 heteroatoms. The van der Waals surface area contributed by atoms with Crippen molar-refractivity contribution in [1.82, 2.24) is 24.6 Å². The van der Waals surface area contributed by atoms with Crippen LogP contribution < -0.4 is 4.90 Å². The van der Waals surface area contributed by atoms with Gasteiger partial charge in [0.25, 0.3) is 0 Å². The summed E-state index contributed by atoms with van der Waals surface area (Å²) >= 11 is 0. The lowest BCUT2D eigenvalue weighted by atomic mass is 10.0. The van der Waals surface area contributed by atoms with E-state index in [0.717, 1.165) is 56.2 Å². The van der Waals surface area contributed by atoms with Crippen molar-refractivity contribution < 1.29 is 5.11 Å². The molecule has 0 radical (unpaired) electrons. The standard InChI is InChI=1S/C20H30N6O/c1-2-9-24-12-5-6-18(24)19-16(15-22-26(19)13-14-27)17-7-8-21-20(23-17)25-10-3-4-11-25/h7-8,15,18,27H,2-6,9-14H2,1H3.